The Morgan fingerprint density at radius 1 is 1.50 bits per heavy atom. The molecule has 1 aromatic heterocycles. The van der Waals surface area contributed by atoms with Gasteiger partial charge in [0, 0.05) is 19.1 Å². The van der Waals surface area contributed by atoms with Crippen molar-refractivity contribution in [2.75, 3.05) is 25.1 Å². The van der Waals surface area contributed by atoms with Gasteiger partial charge in [-0.2, -0.15) is 0 Å². The minimum absolute atomic E-state index is 0.250. The number of ether oxygens (including phenoxy) is 1. The quantitative estimate of drug-likeness (QED) is 0.650. The number of nitrogens with two attached hydrogens (primary N) is 1. The zero-order valence-corrected chi connectivity index (χ0v) is 11.0. The summed E-state index contributed by atoms with van der Waals surface area (Å²) < 4.78 is 4.69. The van der Waals surface area contributed by atoms with Crippen LogP contribution in [0.2, 0.25) is 5.15 Å². The van der Waals surface area contributed by atoms with Gasteiger partial charge in [0.15, 0.2) is 0 Å². The molecule has 0 atom stereocenters. The molecule has 0 spiro atoms. The van der Waals surface area contributed by atoms with Gasteiger partial charge in [-0.05, 0) is 25.0 Å². The van der Waals surface area contributed by atoms with Crippen LogP contribution in [0.3, 0.4) is 0 Å². The van der Waals surface area contributed by atoms with Crippen molar-refractivity contribution in [2.24, 2.45) is 5.73 Å². The summed E-state index contributed by atoms with van der Waals surface area (Å²) in [4.78, 5) is 17.8. The van der Waals surface area contributed by atoms with E-state index in [0.29, 0.717) is 16.5 Å². The summed E-state index contributed by atoms with van der Waals surface area (Å²) in [6.45, 7) is 1.66. The molecule has 0 radical (unpaired) electrons. The number of rotatable bonds is 2. The topological polar surface area (TPSA) is 68.5 Å². The Morgan fingerprint density at radius 3 is 2.78 bits per heavy atom. The summed E-state index contributed by atoms with van der Waals surface area (Å²) in [6.07, 6.45) is 1.84. The van der Waals surface area contributed by atoms with Crippen LogP contribution in [-0.2, 0) is 4.74 Å². The van der Waals surface area contributed by atoms with Gasteiger partial charge >= 0.3 is 5.97 Å². The highest BCUT2D eigenvalue weighted by Gasteiger charge is 2.19. The first kappa shape index (κ1) is 13.1. The van der Waals surface area contributed by atoms with Gasteiger partial charge in [-0.15, -0.1) is 0 Å². The SMILES string of the molecule is COC(=O)c1cc(Cl)nc(N2CCC(N)CC2)c1. The molecule has 0 amide bonds. The zero-order chi connectivity index (χ0) is 13.1. The highest BCUT2D eigenvalue weighted by atomic mass is 35.5. The van der Waals surface area contributed by atoms with Gasteiger partial charge in [-0.1, -0.05) is 11.6 Å². The van der Waals surface area contributed by atoms with Crippen LogP contribution in [0.1, 0.15) is 23.2 Å². The van der Waals surface area contributed by atoms with Gasteiger partial charge in [0.1, 0.15) is 11.0 Å². The van der Waals surface area contributed by atoms with E-state index in [-0.39, 0.29) is 6.04 Å². The molecular weight excluding hydrogens is 254 g/mol. The lowest BCUT2D eigenvalue weighted by atomic mass is 10.1. The molecule has 1 aliphatic heterocycles. The van der Waals surface area contributed by atoms with Crippen molar-refractivity contribution >= 4 is 23.4 Å². The van der Waals surface area contributed by atoms with Crippen LogP contribution >= 0.6 is 11.6 Å². The molecule has 0 aromatic carbocycles. The average molecular weight is 270 g/mol. The maximum atomic E-state index is 11.5. The zero-order valence-electron chi connectivity index (χ0n) is 10.2. The number of carbonyl (C=O) groups excluding carboxylic acids is 1. The Labute approximate surface area is 111 Å². The fourth-order valence-electron chi connectivity index (χ4n) is 2.01. The van der Waals surface area contributed by atoms with Gasteiger partial charge in [0.25, 0.3) is 0 Å². The molecule has 2 heterocycles. The lowest BCUT2D eigenvalue weighted by Crippen LogP contribution is -2.40. The maximum absolute atomic E-state index is 11.5. The molecule has 2 rings (SSSR count). The Morgan fingerprint density at radius 2 is 2.17 bits per heavy atom. The fraction of sp³-hybridized carbons (Fsp3) is 0.500. The molecule has 1 fully saturated rings. The second-order valence-electron chi connectivity index (χ2n) is 4.35. The van der Waals surface area contributed by atoms with E-state index in [2.05, 4.69) is 14.6 Å². The van der Waals surface area contributed by atoms with Gasteiger partial charge in [-0.3, -0.25) is 0 Å². The van der Waals surface area contributed by atoms with E-state index in [0.717, 1.165) is 25.9 Å². The monoisotopic (exact) mass is 269 g/mol. The van der Waals surface area contributed by atoms with E-state index in [1.807, 2.05) is 0 Å². The molecule has 18 heavy (non-hydrogen) atoms. The van der Waals surface area contributed by atoms with Crippen LogP contribution in [0, 0.1) is 0 Å². The number of halogens is 1. The standard InChI is InChI=1S/C12H16ClN3O2/c1-18-12(17)8-6-10(13)15-11(7-8)16-4-2-9(14)3-5-16/h6-7,9H,2-5,14H2,1H3. The molecule has 0 unspecified atom stereocenters. The minimum atomic E-state index is -0.408. The molecule has 1 saturated heterocycles. The fourth-order valence-corrected chi connectivity index (χ4v) is 2.21. The van der Waals surface area contributed by atoms with Crippen LogP contribution in [0.25, 0.3) is 0 Å². The molecular formula is C12H16ClN3O2. The van der Waals surface area contributed by atoms with Crippen LogP contribution < -0.4 is 10.6 Å². The highest BCUT2D eigenvalue weighted by Crippen LogP contribution is 2.21. The van der Waals surface area contributed by atoms with E-state index in [1.165, 1.54) is 13.2 Å². The Balaban J connectivity index is 2.22. The van der Waals surface area contributed by atoms with Crippen molar-refractivity contribution in [3.8, 4) is 0 Å². The highest BCUT2D eigenvalue weighted by molar-refractivity contribution is 6.29. The third-order valence-electron chi connectivity index (χ3n) is 3.07. The van der Waals surface area contributed by atoms with Gasteiger partial charge in [-0.25, -0.2) is 9.78 Å². The Kier molecular flexibility index (Phi) is 4.04. The predicted molar refractivity (Wildman–Crippen MR) is 70.0 cm³/mol. The summed E-state index contributed by atoms with van der Waals surface area (Å²) >= 11 is 5.93. The van der Waals surface area contributed by atoms with E-state index >= 15 is 0 Å². The van der Waals surface area contributed by atoms with Gasteiger partial charge < -0.3 is 15.4 Å². The van der Waals surface area contributed by atoms with Crippen LogP contribution in [-0.4, -0.2) is 37.2 Å². The van der Waals surface area contributed by atoms with Crippen molar-refractivity contribution in [1.29, 1.82) is 0 Å². The summed E-state index contributed by atoms with van der Waals surface area (Å²) in [5.41, 5.74) is 6.28. The molecule has 1 aromatic rings. The number of hydrogen-bond donors (Lipinski definition) is 1. The number of methoxy groups -OCH3 is 1. The largest absolute Gasteiger partial charge is 0.465 e. The number of anilines is 1. The number of nitrogens with zero attached hydrogens (tertiary/aromatic N) is 2. The predicted octanol–water partition coefficient (Wildman–Crippen LogP) is 1.45. The second kappa shape index (κ2) is 5.54. The van der Waals surface area contributed by atoms with Crippen molar-refractivity contribution in [2.45, 2.75) is 18.9 Å². The lowest BCUT2D eigenvalue weighted by Gasteiger charge is -2.31. The van der Waals surface area contributed by atoms with E-state index < -0.39 is 5.97 Å². The number of piperidine rings is 1. The van der Waals surface area contributed by atoms with Crippen LogP contribution in [0.15, 0.2) is 12.1 Å². The molecule has 98 valence electrons. The van der Waals surface area contributed by atoms with Crippen molar-refractivity contribution in [3.05, 3.63) is 22.8 Å². The number of aromatic nitrogens is 1. The second-order valence-corrected chi connectivity index (χ2v) is 4.74. The summed E-state index contributed by atoms with van der Waals surface area (Å²) in [7, 11) is 1.34. The molecule has 0 aliphatic carbocycles. The summed E-state index contributed by atoms with van der Waals surface area (Å²) in [5.74, 6) is 0.295. The third kappa shape index (κ3) is 2.91. The van der Waals surface area contributed by atoms with Crippen LogP contribution in [0.5, 0.6) is 0 Å². The van der Waals surface area contributed by atoms with Gasteiger partial charge in [0.2, 0.25) is 0 Å². The summed E-state index contributed by atoms with van der Waals surface area (Å²) in [5, 5.41) is 0.294. The molecule has 0 bridgehead atoms. The lowest BCUT2D eigenvalue weighted by molar-refractivity contribution is 0.0600. The number of pyridine rings is 1. The maximum Gasteiger partial charge on any atom is 0.338 e. The van der Waals surface area contributed by atoms with E-state index in [9.17, 15) is 4.79 Å². The molecule has 5 nitrogen and oxygen atoms in total. The molecule has 2 N–H and O–H groups in total. The smallest absolute Gasteiger partial charge is 0.338 e. The normalized spacial score (nSPS) is 16.7. The molecule has 0 saturated carbocycles. The third-order valence-corrected chi connectivity index (χ3v) is 3.26. The van der Waals surface area contributed by atoms with Gasteiger partial charge in [0.05, 0.1) is 12.7 Å². The first-order valence-electron chi connectivity index (χ1n) is 5.86. The van der Waals surface area contributed by atoms with Crippen LogP contribution in [0.4, 0.5) is 5.82 Å². The number of esters is 1. The summed E-state index contributed by atoms with van der Waals surface area (Å²) in [6, 6.07) is 3.46. The van der Waals surface area contributed by atoms with E-state index in [4.69, 9.17) is 17.3 Å². The average Bonchev–Trinajstić information content (AvgIpc) is 2.38. The van der Waals surface area contributed by atoms with Crippen molar-refractivity contribution in [3.63, 3.8) is 0 Å². The number of carbonyl (C=O) groups is 1. The Hall–Kier alpha value is -1.33. The van der Waals surface area contributed by atoms with E-state index in [1.54, 1.807) is 6.07 Å². The van der Waals surface area contributed by atoms with Crippen molar-refractivity contribution in [1.82, 2.24) is 4.98 Å². The molecule has 6 heteroatoms. The first-order chi connectivity index (χ1) is 8.60. The first-order valence-corrected chi connectivity index (χ1v) is 6.24. The van der Waals surface area contributed by atoms with Crippen molar-refractivity contribution < 1.29 is 9.53 Å². The Bertz CT molecular complexity index is 445. The molecule has 1 aliphatic rings. The minimum Gasteiger partial charge on any atom is -0.465 e. The number of hydrogen-bond acceptors (Lipinski definition) is 5.